The number of aromatic carboxylic acids is 1. The van der Waals surface area contributed by atoms with Gasteiger partial charge < -0.3 is 15.2 Å². The largest absolute Gasteiger partial charge is 0.493 e. The number of aromatic amines is 1. The summed E-state index contributed by atoms with van der Waals surface area (Å²) in [7, 11) is 0. The second kappa shape index (κ2) is 11.3. The van der Waals surface area contributed by atoms with Crippen LogP contribution < -0.4 is 15.6 Å². The van der Waals surface area contributed by atoms with Gasteiger partial charge in [-0.1, -0.05) is 41.9 Å². The lowest BCUT2D eigenvalue weighted by atomic mass is 10.0. The van der Waals surface area contributed by atoms with E-state index in [0.29, 0.717) is 27.6 Å². The number of fused-ring (bicyclic) bond motifs is 1. The van der Waals surface area contributed by atoms with Gasteiger partial charge in [0.25, 0.3) is 5.56 Å². The third kappa shape index (κ3) is 6.30. The Bertz CT molecular complexity index is 1810. The molecule has 0 fully saturated rings. The SMILES string of the molecule is O=C(O)c1cccc(-c2cc(Cl)ccc2OCCc2cc(C(F)(F)F)nc3nc(Nc4ccccc4)[nH]c(=O)c23)c1. The average Bonchev–Trinajstić information content (AvgIpc) is 2.93. The van der Waals surface area contributed by atoms with Gasteiger partial charge in [0.1, 0.15) is 11.4 Å². The van der Waals surface area contributed by atoms with Gasteiger partial charge in [0.2, 0.25) is 5.95 Å². The Hall–Kier alpha value is -4.90. The number of rotatable bonds is 8. The first-order valence-corrected chi connectivity index (χ1v) is 12.6. The minimum absolute atomic E-state index is 0.0470. The molecule has 5 aromatic rings. The molecule has 0 saturated carbocycles. The zero-order chi connectivity index (χ0) is 29.1. The Morgan fingerprint density at radius 1 is 1.00 bits per heavy atom. The minimum atomic E-state index is -4.78. The number of ether oxygens (including phenoxy) is 1. The number of aromatic nitrogens is 3. The van der Waals surface area contributed by atoms with E-state index in [1.807, 2.05) is 0 Å². The molecule has 2 aromatic heterocycles. The van der Waals surface area contributed by atoms with Crippen molar-refractivity contribution in [3.63, 3.8) is 0 Å². The van der Waals surface area contributed by atoms with Gasteiger partial charge in [-0.2, -0.15) is 18.2 Å². The Balaban J connectivity index is 1.47. The molecule has 41 heavy (non-hydrogen) atoms. The summed E-state index contributed by atoms with van der Waals surface area (Å²) in [4.78, 5) is 34.8. The molecular formula is C29H20ClF3N4O4. The molecule has 0 bridgehead atoms. The quantitative estimate of drug-likeness (QED) is 0.186. The van der Waals surface area contributed by atoms with E-state index in [0.717, 1.165) is 6.07 Å². The molecule has 3 aromatic carbocycles. The Labute approximate surface area is 235 Å². The number of benzene rings is 3. The van der Waals surface area contributed by atoms with E-state index in [9.17, 15) is 27.9 Å². The monoisotopic (exact) mass is 580 g/mol. The lowest BCUT2D eigenvalue weighted by Crippen LogP contribution is -2.18. The van der Waals surface area contributed by atoms with Crippen molar-refractivity contribution in [2.75, 3.05) is 11.9 Å². The van der Waals surface area contributed by atoms with Crippen molar-refractivity contribution in [1.82, 2.24) is 15.0 Å². The summed E-state index contributed by atoms with van der Waals surface area (Å²) in [6.45, 7) is -0.118. The third-order valence-corrected chi connectivity index (χ3v) is 6.31. The summed E-state index contributed by atoms with van der Waals surface area (Å²) < 4.78 is 47.1. The van der Waals surface area contributed by atoms with Crippen LogP contribution in [-0.2, 0) is 12.6 Å². The topological polar surface area (TPSA) is 117 Å². The number of hydrogen-bond donors (Lipinski definition) is 3. The molecule has 0 unspecified atom stereocenters. The number of carbonyl (C=O) groups is 1. The summed E-state index contributed by atoms with van der Waals surface area (Å²) in [5.41, 5.74) is -0.529. The molecule has 0 radical (unpaired) electrons. The van der Waals surface area contributed by atoms with Gasteiger partial charge in [-0.05, 0) is 59.7 Å². The van der Waals surface area contributed by atoms with Crippen LogP contribution in [0.3, 0.4) is 0 Å². The first-order chi connectivity index (χ1) is 19.6. The number of pyridine rings is 1. The maximum absolute atomic E-state index is 13.7. The van der Waals surface area contributed by atoms with Crippen LogP contribution in [0.1, 0.15) is 21.6 Å². The molecule has 2 heterocycles. The number of carboxylic acids is 1. The van der Waals surface area contributed by atoms with E-state index >= 15 is 0 Å². The van der Waals surface area contributed by atoms with Crippen LogP contribution in [0.4, 0.5) is 24.8 Å². The smallest absolute Gasteiger partial charge is 0.433 e. The Kier molecular flexibility index (Phi) is 7.62. The first kappa shape index (κ1) is 27.7. The van der Waals surface area contributed by atoms with Crippen molar-refractivity contribution in [2.45, 2.75) is 12.6 Å². The van der Waals surface area contributed by atoms with Crippen molar-refractivity contribution in [3.8, 4) is 16.9 Å². The maximum atomic E-state index is 13.7. The number of para-hydroxylation sites is 1. The Morgan fingerprint density at radius 2 is 1.78 bits per heavy atom. The van der Waals surface area contributed by atoms with Gasteiger partial charge in [-0.3, -0.25) is 9.78 Å². The molecular weight excluding hydrogens is 561 g/mol. The van der Waals surface area contributed by atoms with Crippen molar-refractivity contribution < 1.29 is 27.8 Å². The van der Waals surface area contributed by atoms with Crippen LogP contribution >= 0.6 is 11.6 Å². The lowest BCUT2D eigenvalue weighted by molar-refractivity contribution is -0.141. The molecule has 0 amide bonds. The highest BCUT2D eigenvalue weighted by Gasteiger charge is 2.34. The fourth-order valence-electron chi connectivity index (χ4n) is 4.22. The van der Waals surface area contributed by atoms with E-state index in [1.54, 1.807) is 60.7 Å². The fraction of sp³-hybridized carbons (Fsp3) is 0.103. The second-order valence-electron chi connectivity index (χ2n) is 8.89. The van der Waals surface area contributed by atoms with E-state index < -0.39 is 23.4 Å². The third-order valence-electron chi connectivity index (χ3n) is 6.08. The molecule has 8 nitrogen and oxygen atoms in total. The molecule has 0 spiro atoms. The number of carboxylic acid groups (broad SMARTS) is 1. The average molecular weight is 581 g/mol. The van der Waals surface area contributed by atoms with Gasteiger partial charge in [0, 0.05) is 22.7 Å². The van der Waals surface area contributed by atoms with Gasteiger partial charge in [0.15, 0.2) is 5.65 Å². The summed E-state index contributed by atoms with van der Waals surface area (Å²) >= 11 is 6.17. The number of nitrogens with one attached hydrogen (secondary N) is 2. The minimum Gasteiger partial charge on any atom is -0.493 e. The van der Waals surface area contributed by atoms with Gasteiger partial charge in [-0.15, -0.1) is 0 Å². The number of anilines is 2. The van der Waals surface area contributed by atoms with E-state index in [4.69, 9.17) is 16.3 Å². The van der Waals surface area contributed by atoms with Crippen LogP contribution in [0.2, 0.25) is 5.02 Å². The van der Waals surface area contributed by atoms with E-state index in [-0.39, 0.29) is 41.1 Å². The molecule has 3 N–H and O–H groups in total. The molecule has 12 heteroatoms. The highest BCUT2D eigenvalue weighted by atomic mass is 35.5. The van der Waals surface area contributed by atoms with Crippen LogP contribution in [0, 0.1) is 0 Å². The van der Waals surface area contributed by atoms with Gasteiger partial charge >= 0.3 is 12.1 Å². The molecule has 0 saturated heterocycles. The van der Waals surface area contributed by atoms with Crippen LogP contribution in [-0.4, -0.2) is 32.6 Å². The summed E-state index contributed by atoms with van der Waals surface area (Å²) in [5.74, 6) is -0.841. The number of H-pyrrole nitrogens is 1. The standard InChI is InChI=1S/C29H20ClF3N4O4/c30-19-9-10-22(21(15-19)16-5-4-6-18(13-16)27(39)40)41-12-11-17-14-23(29(31,32)33)35-25-24(17)26(38)37-28(36-25)34-20-7-2-1-3-8-20/h1-10,13-15H,11-12H2,(H,39,40)(H2,34,35,36,37,38). The van der Waals surface area contributed by atoms with Crippen molar-refractivity contribution in [1.29, 1.82) is 0 Å². The van der Waals surface area contributed by atoms with Gasteiger partial charge in [-0.25, -0.2) is 9.78 Å². The summed E-state index contributed by atoms with van der Waals surface area (Å²) in [5, 5.41) is 12.5. The highest BCUT2D eigenvalue weighted by Crippen LogP contribution is 2.34. The molecule has 0 atom stereocenters. The molecule has 0 aliphatic heterocycles. The summed E-state index contributed by atoms with van der Waals surface area (Å²) in [6.07, 6.45) is -4.87. The predicted octanol–water partition coefficient (Wildman–Crippen LogP) is 6.72. The zero-order valence-corrected chi connectivity index (χ0v) is 21.8. The van der Waals surface area contributed by atoms with Crippen LogP contribution in [0.15, 0.2) is 83.7 Å². The van der Waals surface area contributed by atoms with Crippen LogP contribution in [0.5, 0.6) is 5.75 Å². The number of nitrogens with zero attached hydrogens (tertiary/aromatic N) is 2. The Morgan fingerprint density at radius 3 is 2.51 bits per heavy atom. The number of alkyl halides is 3. The van der Waals surface area contributed by atoms with Crippen molar-refractivity contribution >= 4 is 40.2 Å². The van der Waals surface area contributed by atoms with E-state index in [1.165, 1.54) is 12.1 Å². The second-order valence-corrected chi connectivity index (χ2v) is 9.33. The van der Waals surface area contributed by atoms with Crippen molar-refractivity contribution in [2.24, 2.45) is 0 Å². The number of hydrogen-bond acceptors (Lipinski definition) is 6. The molecule has 5 rings (SSSR count). The molecule has 0 aliphatic carbocycles. The van der Waals surface area contributed by atoms with Gasteiger partial charge in [0.05, 0.1) is 17.6 Å². The fourth-order valence-corrected chi connectivity index (χ4v) is 4.39. The molecule has 208 valence electrons. The maximum Gasteiger partial charge on any atom is 0.433 e. The molecule has 0 aliphatic rings. The van der Waals surface area contributed by atoms with Crippen molar-refractivity contribution in [3.05, 3.63) is 111 Å². The zero-order valence-electron chi connectivity index (χ0n) is 21.0. The highest BCUT2D eigenvalue weighted by molar-refractivity contribution is 6.31. The van der Waals surface area contributed by atoms with E-state index in [2.05, 4.69) is 20.3 Å². The predicted molar refractivity (Wildman–Crippen MR) is 148 cm³/mol. The lowest BCUT2D eigenvalue weighted by Gasteiger charge is -2.15. The number of halogens is 4. The normalized spacial score (nSPS) is 11.4. The summed E-state index contributed by atoms with van der Waals surface area (Å²) in [6, 6.07) is 20.4. The van der Waals surface area contributed by atoms with Crippen LogP contribution in [0.25, 0.3) is 22.2 Å². The first-order valence-electron chi connectivity index (χ1n) is 12.2.